The minimum atomic E-state index is -0.316. The summed E-state index contributed by atoms with van der Waals surface area (Å²) in [4.78, 5) is 19.7. The molecule has 41 heavy (non-hydrogen) atoms. The maximum atomic E-state index is 14.0. The molecule has 0 N–H and O–H groups in total. The van der Waals surface area contributed by atoms with Crippen molar-refractivity contribution in [1.29, 1.82) is 0 Å². The molecule has 1 aliphatic heterocycles. The molecule has 0 spiro atoms. The summed E-state index contributed by atoms with van der Waals surface area (Å²) >= 11 is 7.60. The summed E-state index contributed by atoms with van der Waals surface area (Å²) in [6, 6.07) is 28.0. The van der Waals surface area contributed by atoms with E-state index in [1.165, 1.54) is 11.3 Å². The lowest BCUT2D eigenvalue weighted by atomic mass is 9.90. The van der Waals surface area contributed by atoms with E-state index in [-0.39, 0.29) is 11.6 Å². The third-order valence-corrected chi connectivity index (χ3v) is 8.96. The van der Waals surface area contributed by atoms with Crippen molar-refractivity contribution >= 4 is 34.7 Å². The van der Waals surface area contributed by atoms with E-state index >= 15 is 0 Å². The first-order chi connectivity index (χ1) is 19.8. The third kappa shape index (κ3) is 5.08. The fourth-order valence-corrected chi connectivity index (χ4v) is 6.60. The first-order valence-electron chi connectivity index (χ1n) is 13.4. The first kappa shape index (κ1) is 27.0. The van der Waals surface area contributed by atoms with Crippen molar-refractivity contribution < 1.29 is 4.74 Å². The van der Waals surface area contributed by atoms with E-state index in [4.69, 9.17) is 21.3 Å². The van der Waals surface area contributed by atoms with Gasteiger partial charge in [-0.2, -0.15) is 0 Å². The zero-order valence-corrected chi connectivity index (χ0v) is 24.9. The van der Waals surface area contributed by atoms with Crippen LogP contribution < -0.4 is 19.6 Å². The average Bonchev–Trinajstić information content (AvgIpc) is 3.30. The Balaban J connectivity index is 1.52. The molecule has 0 amide bonds. The van der Waals surface area contributed by atoms with Gasteiger partial charge in [-0.25, -0.2) is 4.99 Å². The fourth-order valence-electron chi connectivity index (χ4n) is 5.45. The van der Waals surface area contributed by atoms with E-state index in [0.29, 0.717) is 14.4 Å². The smallest absolute Gasteiger partial charge is 0.271 e. The molecule has 6 heteroatoms. The molecule has 6 rings (SSSR count). The lowest BCUT2D eigenvalue weighted by Crippen LogP contribution is -2.36. The number of nitrogens with zero attached hydrogens (tertiary/aromatic N) is 2. The molecule has 4 nitrogen and oxygen atoms in total. The van der Waals surface area contributed by atoms with Crippen LogP contribution >= 0.6 is 22.9 Å². The molecular weight excluding hydrogens is 548 g/mol. The van der Waals surface area contributed by atoms with Gasteiger partial charge in [-0.15, -0.1) is 0 Å². The molecule has 0 fully saturated rings. The van der Waals surface area contributed by atoms with Crippen LogP contribution in [-0.4, -0.2) is 11.7 Å². The lowest BCUT2D eigenvalue weighted by molar-refractivity contribution is 0.410. The van der Waals surface area contributed by atoms with Crippen LogP contribution in [0.25, 0.3) is 22.9 Å². The Hall–Kier alpha value is -4.19. The quantitative estimate of drug-likeness (QED) is 0.221. The van der Waals surface area contributed by atoms with Crippen molar-refractivity contribution in [2.24, 2.45) is 4.99 Å². The summed E-state index contributed by atoms with van der Waals surface area (Å²) < 4.78 is 8.11. The molecule has 4 aromatic carbocycles. The van der Waals surface area contributed by atoms with Gasteiger partial charge in [0.05, 0.1) is 23.4 Å². The topological polar surface area (TPSA) is 43.6 Å². The summed E-state index contributed by atoms with van der Waals surface area (Å²) in [6.45, 7) is 6.23. The van der Waals surface area contributed by atoms with E-state index in [0.717, 1.165) is 56.0 Å². The van der Waals surface area contributed by atoms with Gasteiger partial charge < -0.3 is 4.74 Å². The highest BCUT2D eigenvalue weighted by Gasteiger charge is 2.26. The minimum Gasteiger partial charge on any atom is -0.496 e. The lowest BCUT2D eigenvalue weighted by Gasteiger charge is -2.25. The van der Waals surface area contributed by atoms with Gasteiger partial charge in [0.1, 0.15) is 5.75 Å². The van der Waals surface area contributed by atoms with Gasteiger partial charge in [-0.1, -0.05) is 89.7 Å². The largest absolute Gasteiger partial charge is 0.496 e. The van der Waals surface area contributed by atoms with Crippen molar-refractivity contribution in [3.05, 3.63) is 149 Å². The second-order valence-corrected chi connectivity index (χ2v) is 11.7. The first-order valence-corrected chi connectivity index (χ1v) is 14.6. The van der Waals surface area contributed by atoms with Gasteiger partial charge in [-0.05, 0) is 90.1 Å². The maximum absolute atomic E-state index is 14.0. The molecule has 1 aliphatic rings. The zero-order chi connectivity index (χ0) is 28.7. The van der Waals surface area contributed by atoms with Crippen LogP contribution in [0.5, 0.6) is 5.75 Å². The van der Waals surface area contributed by atoms with Crippen LogP contribution in [0.1, 0.15) is 39.4 Å². The summed E-state index contributed by atoms with van der Waals surface area (Å²) in [5.41, 5.74) is 9.30. The number of hydrogen-bond donors (Lipinski definition) is 0. The van der Waals surface area contributed by atoms with Gasteiger partial charge in [0, 0.05) is 10.6 Å². The van der Waals surface area contributed by atoms with Crippen molar-refractivity contribution in [2.75, 3.05) is 7.11 Å². The Morgan fingerprint density at radius 1 is 0.878 bits per heavy atom. The maximum Gasteiger partial charge on any atom is 0.271 e. The molecule has 2 heterocycles. The number of thiazole rings is 1. The van der Waals surface area contributed by atoms with E-state index in [1.807, 2.05) is 53.1 Å². The number of fused-ring (bicyclic) bond motifs is 1. The van der Waals surface area contributed by atoms with Gasteiger partial charge in [0.15, 0.2) is 4.80 Å². The predicted octanol–water partition coefficient (Wildman–Crippen LogP) is 7.26. The molecular formula is C35H29ClN2O2S. The number of rotatable bonds is 5. The van der Waals surface area contributed by atoms with Crippen LogP contribution in [0.3, 0.4) is 0 Å². The fraction of sp³-hybridized carbons (Fsp3) is 0.143. The van der Waals surface area contributed by atoms with Crippen LogP contribution in [0.2, 0.25) is 5.02 Å². The standard InChI is InChI=1S/C35H29ClN2O2S/c1-21-18-31(40-4)22(2)23(3)33(21)30-20-29(27-14-16-28(36)17-15-27)37-35-38(30)34(39)32(41-35)19-24-10-12-26(13-11-24)25-8-6-5-7-9-25/h5-20,30H,1-4H3/b32-19-. The molecule has 0 radical (unpaired) electrons. The van der Waals surface area contributed by atoms with Gasteiger partial charge in [0.25, 0.3) is 5.56 Å². The number of halogens is 1. The summed E-state index contributed by atoms with van der Waals surface area (Å²) in [5.74, 6) is 0.844. The number of aromatic nitrogens is 1. The molecule has 0 aliphatic carbocycles. The highest BCUT2D eigenvalue weighted by Crippen LogP contribution is 2.35. The summed E-state index contributed by atoms with van der Waals surface area (Å²) in [7, 11) is 1.69. The van der Waals surface area contributed by atoms with Gasteiger partial charge >= 0.3 is 0 Å². The third-order valence-electron chi connectivity index (χ3n) is 7.73. The van der Waals surface area contributed by atoms with E-state index in [9.17, 15) is 4.79 Å². The van der Waals surface area contributed by atoms with Crippen LogP contribution in [0.4, 0.5) is 0 Å². The minimum absolute atomic E-state index is 0.0513. The van der Waals surface area contributed by atoms with Crippen molar-refractivity contribution in [3.8, 4) is 16.9 Å². The molecule has 1 aromatic heterocycles. The van der Waals surface area contributed by atoms with Crippen molar-refractivity contribution in [2.45, 2.75) is 26.8 Å². The Labute approximate surface area is 248 Å². The Kier molecular flexibility index (Phi) is 7.24. The monoisotopic (exact) mass is 576 g/mol. The van der Waals surface area contributed by atoms with Crippen LogP contribution in [0, 0.1) is 20.8 Å². The van der Waals surface area contributed by atoms with E-state index < -0.39 is 0 Å². The molecule has 0 bridgehead atoms. The number of methoxy groups -OCH3 is 1. The van der Waals surface area contributed by atoms with E-state index in [2.05, 4.69) is 69.3 Å². The number of aryl methyl sites for hydroxylation is 1. The average molecular weight is 577 g/mol. The number of allylic oxidation sites excluding steroid dienone is 1. The number of hydrogen-bond acceptors (Lipinski definition) is 4. The van der Waals surface area contributed by atoms with Crippen LogP contribution in [0.15, 0.2) is 101 Å². The zero-order valence-electron chi connectivity index (χ0n) is 23.3. The number of benzene rings is 4. The molecule has 204 valence electrons. The Bertz CT molecular complexity index is 1970. The highest BCUT2D eigenvalue weighted by atomic mass is 35.5. The number of ether oxygens (including phenoxy) is 1. The highest BCUT2D eigenvalue weighted by molar-refractivity contribution is 7.07. The van der Waals surface area contributed by atoms with Gasteiger partial charge in [0.2, 0.25) is 0 Å². The second-order valence-electron chi connectivity index (χ2n) is 10.2. The van der Waals surface area contributed by atoms with Crippen LogP contribution in [-0.2, 0) is 0 Å². The Morgan fingerprint density at radius 2 is 1.54 bits per heavy atom. The second kappa shape index (κ2) is 11.0. The molecule has 1 atom stereocenters. The van der Waals surface area contributed by atoms with Crippen molar-refractivity contribution in [3.63, 3.8) is 0 Å². The normalized spacial score (nSPS) is 14.8. The van der Waals surface area contributed by atoms with Gasteiger partial charge in [-0.3, -0.25) is 9.36 Å². The Morgan fingerprint density at radius 3 is 2.22 bits per heavy atom. The van der Waals surface area contributed by atoms with E-state index in [1.54, 1.807) is 7.11 Å². The summed E-state index contributed by atoms with van der Waals surface area (Å²) in [5, 5.41) is 0.669. The molecule has 0 saturated heterocycles. The predicted molar refractivity (Wildman–Crippen MR) is 170 cm³/mol. The molecule has 1 unspecified atom stereocenters. The SMILES string of the molecule is COc1cc(C)c(C2C=C(c3ccc(Cl)cc3)N=c3s/c(=C\c4ccc(-c5ccccc5)cc4)c(=O)n32)c(C)c1C. The summed E-state index contributed by atoms with van der Waals surface area (Å²) in [6.07, 6.45) is 4.05. The molecule has 5 aromatic rings. The van der Waals surface area contributed by atoms with Crippen molar-refractivity contribution in [1.82, 2.24) is 4.57 Å². The molecule has 0 saturated carbocycles.